The van der Waals surface area contributed by atoms with Crippen molar-refractivity contribution in [1.29, 1.82) is 0 Å². The third-order valence-electron chi connectivity index (χ3n) is 4.26. The molecule has 4 rings (SSSR count). The summed E-state index contributed by atoms with van der Waals surface area (Å²) in [6, 6.07) is 31.7. The van der Waals surface area contributed by atoms with E-state index in [2.05, 4.69) is 11.4 Å². The van der Waals surface area contributed by atoms with Crippen LogP contribution in [0.1, 0.15) is 10.4 Å². The Hall–Kier alpha value is -3.39. The lowest BCUT2D eigenvalue weighted by molar-refractivity contribution is 0.102. The maximum Gasteiger partial charge on any atom is 0.256 e. The summed E-state index contributed by atoms with van der Waals surface area (Å²) in [5, 5.41) is 5.29. The minimum atomic E-state index is -0.102. The molecule has 0 heterocycles. The molecule has 1 N–H and O–H groups in total. The van der Waals surface area contributed by atoms with Crippen molar-refractivity contribution in [3.8, 4) is 11.1 Å². The Morgan fingerprint density at radius 1 is 0.640 bits per heavy atom. The first-order valence-electron chi connectivity index (χ1n) is 8.26. The molecule has 0 fully saturated rings. The van der Waals surface area contributed by atoms with Crippen molar-refractivity contribution in [2.45, 2.75) is 0 Å². The van der Waals surface area contributed by atoms with Gasteiger partial charge in [0.25, 0.3) is 5.91 Å². The Morgan fingerprint density at radius 3 is 2.16 bits per heavy atom. The van der Waals surface area contributed by atoms with E-state index in [9.17, 15) is 4.79 Å². The molecule has 0 aliphatic carbocycles. The van der Waals surface area contributed by atoms with E-state index in [4.69, 9.17) is 0 Å². The van der Waals surface area contributed by atoms with Crippen LogP contribution in [0.25, 0.3) is 21.9 Å². The number of hydrogen-bond acceptors (Lipinski definition) is 1. The topological polar surface area (TPSA) is 29.1 Å². The second kappa shape index (κ2) is 6.62. The van der Waals surface area contributed by atoms with Gasteiger partial charge in [-0.3, -0.25) is 4.79 Å². The summed E-state index contributed by atoms with van der Waals surface area (Å²) in [6.45, 7) is 0. The van der Waals surface area contributed by atoms with Crippen molar-refractivity contribution in [3.05, 3.63) is 103 Å². The average molecular weight is 323 g/mol. The van der Waals surface area contributed by atoms with Crippen LogP contribution < -0.4 is 5.32 Å². The van der Waals surface area contributed by atoms with Gasteiger partial charge in [-0.1, -0.05) is 78.9 Å². The zero-order valence-corrected chi connectivity index (χ0v) is 13.6. The highest BCUT2D eigenvalue weighted by Crippen LogP contribution is 2.25. The van der Waals surface area contributed by atoms with Gasteiger partial charge in [0, 0.05) is 11.3 Å². The standard InChI is InChI=1S/C23H17NO/c25-23(24-20-15-14-17-8-4-5-11-19(17)16-20)22-13-7-6-12-21(22)18-9-2-1-3-10-18/h1-16H,(H,24,25). The minimum absolute atomic E-state index is 0.102. The van der Waals surface area contributed by atoms with Crippen LogP contribution in [-0.2, 0) is 0 Å². The minimum Gasteiger partial charge on any atom is -0.322 e. The summed E-state index contributed by atoms with van der Waals surface area (Å²) < 4.78 is 0. The molecule has 0 saturated heterocycles. The largest absolute Gasteiger partial charge is 0.322 e. The fourth-order valence-corrected chi connectivity index (χ4v) is 3.02. The van der Waals surface area contributed by atoms with Crippen molar-refractivity contribution >= 4 is 22.4 Å². The molecule has 120 valence electrons. The van der Waals surface area contributed by atoms with E-state index in [0.717, 1.165) is 27.6 Å². The number of fused-ring (bicyclic) bond motifs is 1. The van der Waals surface area contributed by atoms with Crippen molar-refractivity contribution < 1.29 is 4.79 Å². The highest BCUT2D eigenvalue weighted by atomic mass is 16.1. The van der Waals surface area contributed by atoms with Crippen molar-refractivity contribution in [2.75, 3.05) is 5.32 Å². The molecule has 0 saturated carbocycles. The molecule has 0 aliphatic rings. The molecule has 0 atom stereocenters. The fraction of sp³-hybridized carbons (Fsp3) is 0. The summed E-state index contributed by atoms with van der Waals surface area (Å²) in [4.78, 5) is 12.8. The number of anilines is 1. The van der Waals surface area contributed by atoms with Gasteiger partial charge in [-0.05, 0) is 40.1 Å². The lowest BCUT2D eigenvalue weighted by Gasteiger charge is -2.11. The molecule has 25 heavy (non-hydrogen) atoms. The molecule has 4 aromatic rings. The number of amides is 1. The SMILES string of the molecule is O=C(Nc1ccc2ccccc2c1)c1ccccc1-c1ccccc1. The maximum atomic E-state index is 12.8. The molecular formula is C23H17NO. The quantitative estimate of drug-likeness (QED) is 0.510. The van der Waals surface area contributed by atoms with Gasteiger partial charge in [-0.25, -0.2) is 0 Å². The Labute approximate surface area is 146 Å². The van der Waals surface area contributed by atoms with Crippen LogP contribution >= 0.6 is 0 Å². The summed E-state index contributed by atoms with van der Waals surface area (Å²) >= 11 is 0. The molecule has 1 amide bonds. The molecular weight excluding hydrogens is 306 g/mol. The monoisotopic (exact) mass is 323 g/mol. The molecule has 0 aromatic heterocycles. The van der Waals surface area contributed by atoms with Crippen LogP contribution in [0.15, 0.2) is 97.1 Å². The molecule has 0 radical (unpaired) electrons. The molecule has 0 spiro atoms. The Kier molecular flexibility index (Phi) is 4.01. The lowest BCUT2D eigenvalue weighted by Crippen LogP contribution is -2.13. The van der Waals surface area contributed by atoms with E-state index in [-0.39, 0.29) is 5.91 Å². The van der Waals surface area contributed by atoms with Crippen LogP contribution in [0.3, 0.4) is 0 Å². The van der Waals surface area contributed by atoms with E-state index in [1.54, 1.807) is 0 Å². The van der Waals surface area contributed by atoms with Crippen LogP contribution in [-0.4, -0.2) is 5.91 Å². The van der Waals surface area contributed by atoms with Gasteiger partial charge < -0.3 is 5.32 Å². The number of carbonyl (C=O) groups excluding carboxylic acids is 1. The first-order chi connectivity index (χ1) is 12.3. The predicted octanol–water partition coefficient (Wildman–Crippen LogP) is 5.76. The van der Waals surface area contributed by atoms with Crippen LogP contribution in [0.5, 0.6) is 0 Å². The van der Waals surface area contributed by atoms with Gasteiger partial charge >= 0.3 is 0 Å². The smallest absolute Gasteiger partial charge is 0.256 e. The molecule has 2 heteroatoms. The fourth-order valence-electron chi connectivity index (χ4n) is 3.02. The zero-order valence-electron chi connectivity index (χ0n) is 13.6. The first kappa shape index (κ1) is 15.2. The lowest BCUT2D eigenvalue weighted by atomic mass is 9.99. The second-order valence-electron chi connectivity index (χ2n) is 5.93. The normalized spacial score (nSPS) is 10.6. The first-order valence-corrected chi connectivity index (χ1v) is 8.26. The van der Waals surface area contributed by atoms with E-state index < -0.39 is 0 Å². The summed E-state index contributed by atoms with van der Waals surface area (Å²) in [5.41, 5.74) is 3.43. The Balaban J connectivity index is 1.67. The van der Waals surface area contributed by atoms with Gasteiger partial charge in [0.2, 0.25) is 0 Å². The molecule has 0 aliphatic heterocycles. The average Bonchev–Trinajstić information content (AvgIpc) is 2.68. The van der Waals surface area contributed by atoms with Gasteiger partial charge in [0.1, 0.15) is 0 Å². The maximum absolute atomic E-state index is 12.8. The van der Waals surface area contributed by atoms with Crippen molar-refractivity contribution in [3.63, 3.8) is 0 Å². The third-order valence-corrected chi connectivity index (χ3v) is 4.26. The second-order valence-corrected chi connectivity index (χ2v) is 5.93. The van der Waals surface area contributed by atoms with Gasteiger partial charge in [0.05, 0.1) is 0 Å². The Morgan fingerprint density at radius 2 is 1.32 bits per heavy atom. The summed E-state index contributed by atoms with van der Waals surface area (Å²) in [5.74, 6) is -0.102. The number of benzene rings is 4. The number of rotatable bonds is 3. The van der Waals surface area contributed by atoms with E-state index in [1.165, 1.54) is 0 Å². The van der Waals surface area contributed by atoms with Gasteiger partial charge in [-0.2, -0.15) is 0 Å². The number of nitrogens with one attached hydrogen (secondary N) is 1. The van der Waals surface area contributed by atoms with E-state index in [1.807, 2.05) is 91.0 Å². The zero-order chi connectivity index (χ0) is 17.1. The summed E-state index contributed by atoms with van der Waals surface area (Å²) in [7, 11) is 0. The highest BCUT2D eigenvalue weighted by molar-refractivity contribution is 6.09. The van der Waals surface area contributed by atoms with Crippen LogP contribution in [0.4, 0.5) is 5.69 Å². The van der Waals surface area contributed by atoms with Crippen molar-refractivity contribution in [2.24, 2.45) is 0 Å². The molecule has 0 bridgehead atoms. The van der Waals surface area contributed by atoms with Gasteiger partial charge in [-0.15, -0.1) is 0 Å². The van der Waals surface area contributed by atoms with Crippen LogP contribution in [0, 0.1) is 0 Å². The highest BCUT2D eigenvalue weighted by Gasteiger charge is 2.12. The predicted molar refractivity (Wildman–Crippen MR) is 104 cm³/mol. The van der Waals surface area contributed by atoms with E-state index in [0.29, 0.717) is 5.56 Å². The number of hydrogen-bond donors (Lipinski definition) is 1. The molecule has 0 unspecified atom stereocenters. The van der Waals surface area contributed by atoms with Crippen LogP contribution in [0.2, 0.25) is 0 Å². The summed E-state index contributed by atoms with van der Waals surface area (Å²) in [6.07, 6.45) is 0. The van der Waals surface area contributed by atoms with Gasteiger partial charge in [0.15, 0.2) is 0 Å². The Bertz CT molecular complexity index is 1040. The number of carbonyl (C=O) groups is 1. The van der Waals surface area contributed by atoms with Crippen molar-refractivity contribution in [1.82, 2.24) is 0 Å². The van der Waals surface area contributed by atoms with E-state index >= 15 is 0 Å². The molecule has 2 nitrogen and oxygen atoms in total. The third kappa shape index (κ3) is 3.15. The molecule has 4 aromatic carbocycles.